The molecule has 86 valence electrons. The average Bonchev–Trinajstić information content (AvgIpc) is 2.28. The molecule has 0 amide bonds. The molecule has 1 N–H and O–H groups in total. The Labute approximate surface area is 98.0 Å². The molecule has 1 aliphatic carbocycles. The van der Waals surface area contributed by atoms with Gasteiger partial charge in [0.25, 0.3) is 0 Å². The molecule has 17 heavy (non-hydrogen) atoms. The Morgan fingerprint density at radius 1 is 1.41 bits per heavy atom. The van der Waals surface area contributed by atoms with E-state index < -0.39 is 6.10 Å². The van der Waals surface area contributed by atoms with Crippen LogP contribution in [0.15, 0.2) is 33.5 Å². The normalized spacial score (nSPS) is 18.4. The maximum Gasteiger partial charge on any atom is 0.336 e. The van der Waals surface area contributed by atoms with Crippen LogP contribution in [0, 0.1) is 6.92 Å². The van der Waals surface area contributed by atoms with Crippen molar-refractivity contribution in [1.82, 2.24) is 0 Å². The summed E-state index contributed by atoms with van der Waals surface area (Å²) in [6.07, 6.45) is 3.61. The SMILES string of the molecule is Cc1cc(=O)oc2c3c(ccc12)C=C[C@@H](O)C3. The van der Waals surface area contributed by atoms with Crippen LogP contribution in [0.5, 0.6) is 0 Å². The standard InChI is InChI=1S/C14H12O3/c1-8-6-13(16)17-14-11(8)5-3-9-2-4-10(15)7-12(9)14/h2-6,10,15H,7H2,1H3/t10-/m1/s1. The summed E-state index contributed by atoms with van der Waals surface area (Å²) in [5.74, 6) is 0. The molecule has 0 aliphatic heterocycles. The van der Waals surface area contributed by atoms with Gasteiger partial charge in [0.1, 0.15) is 5.58 Å². The highest BCUT2D eigenvalue weighted by Crippen LogP contribution is 2.28. The minimum atomic E-state index is -0.501. The molecular weight excluding hydrogens is 216 g/mol. The van der Waals surface area contributed by atoms with Crippen molar-refractivity contribution in [2.75, 3.05) is 0 Å². The first-order valence-electron chi connectivity index (χ1n) is 5.58. The third-order valence-electron chi connectivity index (χ3n) is 3.17. The Bertz CT molecular complexity index is 680. The summed E-state index contributed by atoms with van der Waals surface area (Å²) < 4.78 is 5.29. The van der Waals surface area contributed by atoms with Crippen molar-refractivity contribution in [3.05, 3.63) is 51.4 Å². The summed E-state index contributed by atoms with van der Waals surface area (Å²) in [7, 11) is 0. The van der Waals surface area contributed by atoms with Crippen LogP contribution in [0.4, 0.5) is 0 Å². The Balaban J connectivity index is 2.42. The van der Waals surface area contributed by atoms with Crippen molar-refractivity contribution >= 4 is 17.0 Å². The second-order valence-corrected chi connectivity index (χ2v) is 4.39. The molecule has 0 radical (unpaired) electrons. The van der Waals surface area contributed by atoms with Gasteiger partial charge in [0, 0.05) is 23.4 Å². The van der Waals surface area contributed by atoms with E-state index in [9.17, 15) is 9.90 Å². The average molecular weight is 228 g/mol. The van der Waals surface area contributed by atoms with E-state index >= 15 is 0 Å². The fraction of sp³-hybridized carbons (Fsp3) is 0.214. The van der Waals surface area contributed by atoms with E-state index in [2.05, 4.69) is 0 Å². The predicted octanol–water partition coefficient (Wildman–Crippen LogP) is 2.03. The molecular formula is C14H12O3. The molecule has 1 aromatic carbocycles. The van der Waals surface area contributed by atoms with E-state index in [0.29, 0.717) is 12.0 Å². The van der Waals surface area contributed by atoms with Crippen LogP contribution in [0.2, 0.25) is 0 Å². The quantitative estimate of drug-likeness (QED) is 0.702. The van der Waals surface area contributed by atoms with Crippen molar-refractivity contribution < 1.29 is 9.52 Å². The molecule has 1 aliphatic rings. The molecule has 1 aromatic heterocycles. The summed E-state index contributed by atoms with van der Waals surface area (Å²) in [6, 6.07) is 5.44. The van der Waals surface area contributed by atoms with Gasteiger partial charge in [-0.2, -0.15) is 0 Å². The minimum Gasteiger partial charge on any atom is -0.422 e. The maximum absolute atomic E-state index is 11.4. The third-order valence-corrected chi connectivity index (χ3v) is 3.17. The lowest BCUT2D eigenvalue weighted by Gasteiger charge is -2.16. The van der Waals surface area contributed by atoms with Crippen LogP contribution in [-0.4, -0.2) is 11.2 Å². The summed E-state index contributed by atoms with van der Waals surface area (Å²) in [4.78, 5) is 11.4. The van der Waals surface area contributed by atoms with Gasteiger partial charge in [-0.15, -0.1) is 0 Å². The highest BCUT2D eigenvalue weighted by Gasteiger charge is 2.16. The van der Waals surface area contributed by atoms with Gasteiger partial charge in [-0.25, -0.2) is 4.79 Å². The van der Waals surface area contributed by atoms with Crippen molar-refractivity contribution in [3.8, 4) is 0 Å². The second kappa shape index (κ2) is 3.57. The number of aliphatic hydroxyl groups is 1. The lowest BCUT2D eigenvalue weighted by molar-refractivity contribution is 0.223. The van der Waals surface area contributed by atoms with Gasteiger partial charge in [0.05, 0.1) is 6.10 Å². The summed E-state index contributed by atoms with van der Waals surface area (Å²) in [6.45, 7) is 1.89. The second-order valence-electron chi connectivity index (χ2n) is 4.39. The Morgan fingerprint density at radius 3 is 3.06 bits per heavy atom. The van der Waals surface area contributed by atoms with Crippen molar-refractivity contribution in [3.63, 3.8) is 0 Å². The van der Waals surface area contributed by atoms with E-state index in [4.69, 9.17) is 4.42 Å². The molecule has 0 bridgehead atoms. The van der Waals surface area contributed by atoms with Crippen LogP contribution in [0.3, 0.4) is 0 Å². The molecule has 0 saturated heterocycles. The zero-order valence-corrected chi connectivity index (χ0v) is 9.43. The Morgan fingerprint density at radius 2 is 2.24 bits per heavy atom. The van der Waals surface area contributed by atoms with Gasteiger partial charge in [-0.3, -0.25) is 0 Å². The van der Waals surface area contributed by atoms with Crippen LogP contribution in [-0.2, 0) is 6.42 Å². The zero-order valence-electron chi connectivity index (χ0n) is 9.43. The molecule has 3 rings (SSSR count). The highest BCUT2D eigenvalue weighted by atomic mass is 16.4. The van der Waals surface area contributed by atoms with Gasteiger partial charge >= 0.3 is 5.63 Å². The molecule has 0 spiro atoms. The Hall–Kier alpha value is -1.87. The number of aryl methyl sites for hydroxylation is 1. The van der Waals surface area contributed by atoms with Crippen LogP contribution in [0.1, 0.15) is 16.7 Å². The van der Waals surface area contributed by atoms with Crippen LogP contribution in [0.25, 0.3) is 17.0 Å². The number of aliphatic hydroxyl groups excluding tert-OH is 1. The number of benzene rings is 1. The molecule has 1 atom stereocenters. The topological polar surface area (TPSA) is 50.4 Å². The number of hydrogen-bond acceptors (Lipinski definition) is 3. The molecule has 0 saturated carbocycles. The fourth-order valence-electron chi connectivity index (χ4n) is 2.31. The van der Waals surface area contributed by atoms with Crippen LogP contribution < -0.4 is 5.63 Å². The molecule has 1 heterocycles. The van der Waals surface area contributed by atoms with Gasteiger partial charge in [0.2, 0.25) is 0 Å². The summed E-state index contributed by atoms with van der Waals surface area (Å²) in [5.41, 5.74) is 3.10. The largest absolute Gasteiger partial charge is 0.422 e. The van der Waals surface area contributed by atoms with Crippen LogP contribution >= 0.6 is 0 Å². The van der Waals surface area contributed by atoms with Gasteiger partial charge < -0.3 is 9.52 Å². The summed E-state index contributed by atoms with van der Waals surface area (Å²) in [5, 5.41) is 10.6. The first-order valence-corrected chi connectivity index (χ1v) is 5.58. The third kappa shape index (κ3) is 1.59. The lowest BCUT2D eigenvalue weighted by atomic mass is 9.93. The first kappa shape index (κ1) is 10.3. The molecule has 0 fully saturated rings. The molecule has 3 heteroatoms. The zero-order chi connectivity index (χ0) is 12.0. The highest BCUT2D eigenvalue weighted by molar-refractivity contribution is 5.86. The predicted molar refractivity (Wildman–Crippen MR) is 66.0 cm³/mol. The van der Waals surface area contributed by atoms with Gasteiger partial charge in [-0.1, -0.05) is 24.3 Å². The Kier molecular flexibility index (Phi) is 2.16. The fourth-order valence-corrected chi connectivity index (χ4v) is 2.31. The minimum absolute atomic E-state index is 0.340. The van der Waals surface area contributed by atoms with Crippen molar-refractivity contribution in [1.29, 1.82) is 0 Å². The number of rotatable bonds is 0. The molecule has 2 aromatic rings. The lowest BCUT2D eigenvalue weighted by Crippen LogP contribution is -2.13. The van der Waals surface area contributed by atoms with Crippen molar-refractivity contribution in [2.45, 2.75) is 19.4 Å². The number of hydrogen-bond donors (Lipinski definition) is 1. The van der Waals surface area contributed by atoms with Gasteiger partial charge in [-0.05, 0) is 18.1 Å². The molecule has 3 nitrogen and oxygen atoms in total. The number of fused-ring (bicyclic) bond motifs is 3. The maximum atomic E-state index is 11.4. The van der Waals surface area contributed by atoms with Crippen molar-refractivity contribution in [2.24, 2.45) is 0 Å². The van der Waals surface area contributed by atoms with E-state index in [0.717, 1.165) is 22.1 Å². The smallest absolute Gasteiger partial charge is 0.336 e. The van der Waals surface area contributed by atoms with E-state index in [-0.39, 0.29) is 5.63 Å². The van der Waals surface area contributed by atoms with E-state index in [1.54, 1.807) is 6.08 Å². The summed E-state index contributed by atoms with van der Waals surface area (Å²) >= 11 is 0. The van der Waals surface area contributed by atoms with E-state index in [1.807, 2.05) is 25.1 Å². The first-order chi connectivity index (χ1) is 8.15. The van der Waals surface area contributed by atoms with Gasteiger partial charge in [0.15, 0.2) is 0 Å². The monoisotopic (exact) mass is 228 g/mol. The molecule has 0 unspecified atom stereocenters. The van der Waals surface area contributed by atoms with E-state index in [1.165, 1.54) is 6.07 Å².